The van der Waals surface area contributed by atoms with E-state index >= 15 is 0 Å². The molecule has 0 aliphatic rings. The van der Waals surface area contributed by atoms with Crippen LogP contribution in [0.3, 0.4) is 0 Å². The minimum absolute atomic E-state index is 0.294. The number of halogens is 1. The molecule has 0 aliphatic carbocycles. The Morgan fingerprint density at radius 2 is 2.05 bits per heavy atom. The lowest BCUT2D eigenvalue weighted by atomic mass is 10.2. The lowest BCUT2D eigenvalue weighted by Gasteiger charge is -2.00. The highest BCUT2D eigenvalue weighted by molar-refractivity contribution is 7.71. The topological polar surface area (TPSA) is 46.0 Å². The minimum atomic E-state index is -0.294. The van der Waals surface area contributed by atoms with Gasteiger partial charge >= 0.3 is 0 Å². The molecule has 0 spiro atoms. The van der Waals surface area contributed by atoms with Crippen LogP contribution >= 0.6 is 23.6 Å². The highest BCUT2D eigenvalue weighted by Crippen LogP contribution is 2.18. The third-order valence-corrected chi connectivity index (χ3v) is 4.01. The molecule has 4 nitrogen and oxygen atoms in total. The van der Waals surface area contributed by atoms with Gasteiger partial charge in [-0.2, -0.15) is 14.9 Å². The predicted octanol–water partition coefficient (Wildman–Crippen LogP) is 4.00. The Bertz CT molecular complexity index is 842. The summed E-state index contributed by atoms with van der Waals surface area (Å²) in [6, 6.07) is 10.1. The monoisotopic (exact) mass is 318 g/mol. The van der Waals surface area contributed by atoms with Crippen LogP contribution in [-0.4, -0.2) is 21.1 Å². The third-order valence-electron chi connectivity index (χ3n) is 2.81. The van der Waals surface area contributed by atoms with Crippen LogP contribution in [0.1, 0.15) is 9.75 Å². The quantitative estimate of drug-likeness (QED) is 0.586. The number of nitrogens with one attached hydrogen (secondary N) is 1. The largest absolute Gasteiger partial charge is 0.250 e. The molecule has 0 saturated heterocycles. The molecule has 2 heterocycles. The predicted molar refractivity (Wildman–Crippen MR) is 84.9 cm³/mol. The van der Waals surface area contributed by atoms with E-state index in [2.05, 4.69) is 15.3 Å². The normalized spacial score (nSPS) is 11.3. The number of aryl methyl sites for hydroxylation is 1. The Hall–Kier alpha value is -2.12. The number of benzene rings is 1. The van der Waals surface area contributed by atoms with Gasteiger partial charge < -0.3 is 0 Å². The van der Waals surface area contributed by atoms with E-state index in [0.717, 1.165) is 10.4 Å². The number of hydrogen-bond donors (Lipinski definition) is 1. The van der Waals surface area contributed by atoms with Gasteiger partial charge in [0.25, 0.3) is 0 Å². The van der Waals surface area contributed by atoms with E-state index < -0.39 is 0 Å². The lowest BCUT2D eigenvalue weighted by molar-refractivity contribution is 0.628. The summed E-state index contributed by atoms with van der Waals surface area (Å²) in [6.45, 7) is 2.04. The molecule has 0 saturated carbocycles. The van der Waals surface area contributed by atoms with Gasteiger partial charge in [0.1, 0.15) is 5.82 Å². The van der Waals surface area contributed by atoms with E-state index in [4.69, 9.17) is 12.2 Å². The van der Waals surface area contributed by atoms with Crippen LogP contribution in [0, 0.1) is 17.5 Å². The minimum Gasteiger partial charge on any atom is -0.250 e. The first-order chi connectivity index (χ1) is 10.1. The number of thiophene rings is 1. The number of rotatable bonds is 3. The van der Waals surface area contributed by atoms with Gasteiger partial charge in [-0.15, -0.1) is 11.3 Å². The number of hydrogen-bond acceptors (Lipinski definition) is 4. The van der Waals surface area contributed by atoms with Crippen molar-refractivity contribution >= 4 is 29.8 Å². The molecule has 7 heteroatoms. The maximum atomic E-state index is 13.0. The van der Waals surface area contributed by atoms with Crippen molar-refractivity contribution in [3.63, 3.8) is 0 Å². The summed E-state index contributed by atoms with van der Waals surface area (Å²) < 4.78 is 14.9. The fourth-order valence-electron chi connectivity index (χ4n) is 1.82. The molecule has 0 unspecified atom stereocenters. The molecular formula is C14H11FN4S2. The van der Waals surface area contributed by atoms with Crippen molar-refractivity contribution in [2.75, 3.05) is 0 Å². The first-order valence-corrected chi connectivity index (χ1v) is 7.40. The summed E-state index contributed by atoms with van der Waals surface area (Å²) in [5, 5.41) is 11.2. The SMILES string of the molecule is Cc1ccc(C=Nn2c(-c3ccc(F)cc3)n[nH]c2=S)s1. The van der Waals surface area contributed by atoms with Crippen molar-refractivity contribution in [2.24, 2.45) is 5.10 Å². The second-order valence-electron chi connectivity index (χ2n) is 4.36. The number of aromatic amines is 1. The van der Waals surface area contributed by atoms with Crippen LogP contribution in [0.2, 0.25) is 0 Å². The maximum Gasteiger partial charge on any atom is 0.216 e. The Labute approximate surface area is 129 Å². The number of nitrogens with zero attached hydrogens (tertiary/aromatic N) is 3. The van der Waals surface area contributed by atoms with Gasteiger partial charge in [0.15, 0.2) is 5.82 Å². The molecule has 21 heavy (non-hydrogen) atoms. The molecule has 3 rings (SSSR count). The number of H-pyrrole nitrogens is 1. The van der Waals surface area contributed by atoms with Crippen molar-refractivity contribution in [3.05, 3.63) is 56.7 Å². The second-order valence-corrected chi connectivity index (χ2v) is 6.07. The van der Waals surface area contributed by atoms with Gasteiger partial charge in [-0.1, -0.05) is 0 Å². The van der Waals surface area contributed by atoms with Gasteiger partial charge in [0.2, 0.25) is 4.77 Å². The fraction of sp³-hybridized carbons (Fsp3) is 0.0714. The maximum absolute atomic E-state index is 13.0. The molecule has 0 atom stereocenters. The summed E-state index contributed by atoms with van der Waals surface area (Å²) in [5.41, 5.74) is 0.739. The average molecular weight is 318 g/mol. The van der Waals surface area contributed by atoms with Gasteiger partial charge in [0, 0.05) is 15.3 Å². The van der Waals surface area contributed by atoms with Crippen LogP contribution in [0.15, 0.2) is 41.5 Å². The molecule has 1 aromatic carbocycles. The Kier molecular flexibility index (Phi) is 3.76. The second kappa shape index (κ2) is 5.71. The van der Waals surface area contributed by atoms with E-state index in [-0.39, 0.29) is 5.82 Å². The standard InChI is InChI=1S/C14H11FN4S2/c1-9-2-7-12(21-9)8-16-19-13(17-18-14(19)20)10-3-5-11(15)6-4-10/h2-8H,1H3,(H,18,20). The summed E-state index contributed by atoms with van der Waals surface area (Å²) in [5.74, 6) is 0.251. The summed E-state index contributed by atoms with van der Waals surface area (Å²) >= 11 is 6.82. The third kappa shape index (κ3) is 2.98. The van der Waals surface area contributed by atoms with Gasteiger partial charge in [-0.25, -0.2) is 9.49 Å². The van der Waals surface area contributed by atoms with E-state index in [1.54, 1.807) is 29.7 Å². The lowest BCUT2D eigenvalue weighted by Crippen LogP contribution is -1.94. The van der Waals surface area contributed by atoms with Crippen molar-refractivity contribution in [2.45, 2.75) is 6.92 Å². The first kappa shape index (κ1) is 13.8. The molecule has 0 amide bonds. The molecule has 3 aromatic rings. The van der Waals surface area contributed by atoms with Crippen molar-refractivity contribution in [3.8, 4) is 11.4 Å². The van der Waals surface area contributed by atoms with Crippen molar-refractivity contribution < 1.29 is 4.39 Å². The smallest absolute Gasteiger partial charge is 0.216 e. The highest BCUT2D eigenvalue weighted by Gasteiger charge is 2.08. The molecular weight excluding hydrogens is 307 g/mol. The van der Waals surface area contributed by atoms with Crippen LogP contribution in [0.5, 0.6) is 0 Å². The molecule has 0 fully saturated rings. The van der Waals surface area contributed by atoms with Crippen molar-refractivity contribution in [1.29, 1.82) is 0 Å². The van der Waals surface area contributed by atoms with E-state index in [1.807, 2.05) is 19.1 Å². The van der Waals surface area contributed by atoms with Gasteiger partial charge in [-0.05, 0) is 55.5 Å². The van der Waals surface area contributed by atoms with Crippen LogP contribution in [-0.2, 0) is 0 Å². The molecule has 106 valence electrons. The first-order valence-electron chi connectivity index (χ1n) is 6.17. The molecule has 0 aliphatic heterocycles. The Balaban J connectivity index is 1.99. The summed E-state index contributed by atoms with van der Waals surface area (Å²) in [7, 11) is 0. The van der Waals surface area contributed by atoms with Crippen LogP contribution < -0.4 is 0 Å². The van der Waals surface area contributed by atoms with Crippen LogP contribution in [0.25, 0.3) is 11.4 Å². The zero-order valence-corrected chi connectivity index (χ0v) is 12.7. The van der Waals surface area contributed by atoms with E-state index in [0.29, 0.717) is 10.6 Å². The highest BCUT2D eigenvalue weighted by atomic mass is 32.1. The fourth-order valence-corrected chi connectivity index (χ4v) is 2.75. The molecule has 0 bridgehead atoms. The molecule has 2 aromatic heterocycles. The summed E-state index contributed by atoms with van der Waals surface area (Å²) in [6.07, 6.45) is 1.73. The number of aromatic nitrogens is 3. The van der Waals surface area contributed by atoms with Crippen LogP contribution in [0.4, 0.5) is 4.39 Å². The molecule has 0 radical (unpaired) electrons. The Morgan fingerprint density at radius 1 is 1.29 bits per heavy atom. The van der Waals surface area contributed by atoms with Crippen molar-refractivity contribution in [1.82, 2.24) is 14.9 Å². The van der Waals surface area contributed by atoms with Gasteiger partial charge in [-0.3, -0.25) is 0 Å². The average Bonchev–Trinajstić information content (AvgIpc) is 3.04. The van der Waals surface area contributed by atoms with E-state index in [1.165, 1.54) is 21.7 Å². The summed E-state index contributed by atoms with van der Waals surface area (Å²) in [4.78, 5) is 2.24. The molecule has 1 N–H and O–H groups in total. The zero-order chi connectivity index (χ0) is 14.8. The van der Waals surface area contributed by atoms with Gasteiger partial charge in [0.05, 0.1) is 6.21 Å². The zero-order valence-electron chi connectivity index (χ0n) is 11.1. The van der Waals surface area contributed by atoms with E-state index in [9.17, 15) is 4.39 Å². The Morgan fingerprint density at radius 3 is 2.71 bits per heavy atom.